The molecule has 0 saturated heterocycles. The summed E-state index contributed by atoms with van der Waals surface area (Å²) in [5.41, 5.74) is 0.618. The van der Waals surface area contributed by atoms with E-state index in [1.807, 2.05) is 0 Å². The zero-order valence-electron chi connectivity index (χ0n) is 23.0. The summed E-state index contributed by atoms with van der Waals surface area (Å²) in [6, 6.07) is 4.23. The van der Waals surface area contributed by atoms with E-state index in [2.05, 4.69) is 45.9 Å². The number of halogens is 7. The molecule has 5 N–H and O–H groups in total. The first-order chi connectivity index (χ1) is 21.7. The lowest BCUT2D eigenvalue weighted by atomic mass is 10.0. The van der Waals surface area contributed by atoms with E-state index in [4.69, 9.17) is 11.6 Å². The molecule has 1 aliphatic rings. The van der Waals surface area contributed by atoms with Crippen molar-refractivity contribution in [1.82, 2.24) is 26.1 Å². The van der Waals surface area contributed by atoms with Crippen LogP contribution in [0.5, 0.6) is 5.75 Å². The Morgan fingerprint density at radius 3 is 2.54 bits per heavy atom. The van der Waals surface area contributed by atoms with Crippen LogP contribution in [0.2, 0.25) is 5.02 Å². The van der Waals surface area contributed by atoms with Gasteiger partial charge in [-0.3, -0.25) is 19.5 Å². The molecule has 3 aromatic rings. The Bertz CT molecular complexity index is 1670. The molecule has 0 radical (unpaired) electrons. The molecular formula is C26H22ClF6N7O6. The van der Waals surface area contributed by atoms with Crippen molar-refractivity contribution in [3.8, 4) is 5.75 Å². The van der Waals surface area contributed by atoms with E-state index in [0.29, 0.717) is 16.6 Å². The fourth-order valence-corrected chi connectivity index (χ4v) is 4.34. The van der Waals surface area contributed by atoms with Gasteiger partial charge in [0.15, 0.2) is 5.96 Å². The van der Waals surface area contributed by atoms with Crippen molar-refractivity contribution in [2.75, 3.05) is 25.0 Å². The molecule has 2 amide bonds. The lowest BCUT2D eigenvalue weighted by Gasteiger charge is -2.20. The number of carbonyl (C=O) groups excluding carboxylic acids is 4. The van der Waals surface area contributed by atoms with Crippen LogP contribution in [0.25, 0.3) is 10.9 Å². The lowest BCUT2D eigenvalue weighted by molar-refractivity contribution is -0.202. The Morgan fingerprint density at radius 2 is 1.87 bits per heavy atom. The van der Waals surface area contributed by atoms with Gasteiger partial charge in [-0.25, -0.2) is 14.2 Å². The van der Waals surface area contributed by atoms with E-state index in [-0.39, 0.29) is 35.2 Å². The Kier molecular flexibility index (Phi) is 10.6. The van der Waals surface area contributed by atoms with Gasteiger partial charge in [0.2, 0.25) is 5.91 Å². The number of hydrogen-bond donors (Lipinski definition) is 5. The highest BCUT2D eigenvalue weighted by Crippen LogP contribution is 2.29. The molecule has 0 fully saturated rings. The highest BCUT2D eigenvalue weighted by molar-refractivity contribution is 6.30. The van der Waals surface area contributed by atoms with Crippen molar-refractivity contribution < 1.29 is 55.0 Å². The number of H-pyrrole nitrogens is 1. The second-order valence-corrected chi connectivity index (χ2v) is 9.95. The highest BCUT2D eigenvalue weighted by atomic mass is 35.5. The number of aromatic nitrogens is 2. The van der Waals surface area contributed by atoms with Crippen molar-refractivity contribution >= 4 is 57.9 Å². The van der Waals surface area contributed by atoms with E-state index >= 15 is 0 Å². The molecule has 20 heteroatoms. The van der Waals surface area contributed by atoms with Crippen LogP contribution in [-0.4, -0.2) is 78.5 Å². The molecule has 46 heavy (non-hydrogen) atoms. The van der Waals surface area contributed by atoms with Gasteiger partial charge in [-0.15, -0.1) is 0 Å². The van der Waals surface area contributed by atoms with Gasteiger partial charge in [-0.2, -0.15) is 27.1 Å². The van der Waals surface area contributed by atoms with Crippen LogP contribution in [0.4, 0.5) is 32.0 Å². The molecule has 1 aliphatic heterocycles. The number of nitrogens with zero attached hydrogens (tertiary/aromatic N) is 2. The fraction of sp³-hybridized carbons (Fsp3) is 0.308. The number of amides is 2. The summed E-state index contributed by atoms with van der Waals surface area (Å²) >= 11 is 5.93. The van der Waals surface area contributed by atoms with Crippen LogP contribution < -0.4 is 26.0 Å². The molecule has 2 aromatic carbocycles. The first-order valence-corrected chi connectivity index (χ1v) is 13.4. The van der Waals surface area contributed by atoms with Crippen molar-refractivity contribution in [2.24, 2.45) is 4.99 Å². The average molecular weight is 678 g/mol. The number of alkyl halides is 6. The predicted octanol–water partition coefficient (Wildman–Crippen LogP) is 3.14. The molecule has 0 aliphatic carbocycles. The molecule has 2 atom stereocenters. The Labute approximate surface area is 259 Å². The quantitative estimate of drug-likeness (QED) is 0.123. The maximum atomic E-state index is 13.4. The molecule has 1 unspecified atom stereocenters. The normalized spacial score (nSPS) is 15.4. The number of ether oxygens (including phenoxy) is 2. The van der Waals surface area contributed by atoms with Crippen LogP contribution in [0.3, 0.4) is 0 Å². The molecule has 13 nitrogen and oxygen atoms in total. The summed E-state index contributed by atoms with van der Waals surface area (Å²) in [4.78, 5) is 53.1. The molecule has 0 bridgehead atoms. The van der Waals surface area contributed by atoms with Crippen LogP contribution in [0, 0.1) is 0 Å². The summed E-state index contributed by atoms with van der Waals surface area (Å²) in [7, 11) is 0. The van der Waals surface area contributed by atoms with Crippen molar-refractivity contribution in [3.63, 3.8) is 0 Å². The first kappa shape index (κ1) is 33.8. The minimum Gasteiger partial charge on any atom is -0.435 e. The van der Waals surface area contributed by atoms with Gasteiger partial charge in [-0.1, -0.05) is 11.6 Å². The third-order valence-corrected chi connectivity index (χ3v) is 6.31. The van der Waals surface area contributed by atoms with Gasteiger partial charge in [0.1, 0.15) is 11.9 Å². The van der Waals surface area contributed by atoms with Crippen LogP contribution in [-0.2, 0) is 19.1 Å². The standard InChI is InChI=1S/C26H22ClF6N7O6/c27-13-1-11(2-15(5-13)45-24(29)30)17(6-21(42)46-23(44)26(31,32)33)38-20(41)10-34-22(43)12-3-18(16-9-37-40-19(16)4-12)39-25-35-7-14(28)8-36-25/h1-5,9,14,17,24H,6-8,10H2,(H,34,43)(H,37,40)(H,38,41)(H2,35,36,39)/t17-/m0/s1. The topological polar surface area (TPSA) is 176 Å². The SMILES string of the molecule is O=C(CNC(=O)c1cc(NC2=NCC(F)CN2)c2cn[nH]c2c1)N[C@@H](CC(=O)OC(=O)C(F)(F)F)c1cc(Cl)cc(OC(F)F)c1. The van der Waals surface area contributed by atoms with Gasteiger partial charge in [0.25, 0.3) is 5.91 Å². The number of nitrogens with one attached hydrogen (secondary N) is 5. The number of anilines is 1. The second kappa shape index (κ2) is 14.4. The van der Waals surface area contributed by atoms with Gasteiger partial charge >= 0.3 is 24.7 Å². The third kappa shape index (κ3) is 9.22. The Hall–Kier alpha value is -5.07. The van der Waals surface area contributed by atoms with Gasteiger partial charge < -0.3 is 30.7 Å². The maximum absolute atomic E-state index is 13.4. The predicted molar refractivity (Wildman–Crippen MR) is 148 cm³/mol. The maximum Gasteiger partial charge on any atom is 0.491 e. The van der Waals surface area contributed by atoms with Crippen molar-refractivity contribution in [3.05, 3.63) is 52.7 Å². The van der Waals surface area contributed by atoms with Crippen LogP contribution >= 0.6 is 11.6 Å². The third-order valence-electron chi connectivity index (χ3n) is 6.09. The first-order valence-electron chi connectivity index (χ1n) is 13.0. The van der Waals surface area contributed by atoms with Crippen molar-refractivity contribution in [2.45, 2.75) is 31.4 Å². The van der Waals surface area contributed by atoms with Gasteiger partial charge in [0, 0.05) is 16.0 Å². The Balaban J connectivity index is 1.48. The highest BCUT2D eigenvalue weighted by Gasteiger charge is 2.42. The second-order valence-electron chi connectivity index (χ2n) is 9.51. The van der Waals surface area contributed by atoms with Gasteiger partial charge in [-0.05, 0) is 35.9 Å². The van der Waals surface area contributed by atoms with Gasteiger partial charge in [0.05, 0.1) is 49.5 Å². The summed E-state index contributed by atoms with van der Waals surface area (Å²) < 4.78 is 84.7. The molecule has 0 saturated carbocycles. The number of guanidine groups is 1. The number of rotatable bonds is 10. The van der Waals surface area contributed by atoms with E-state index < -0.39 is 67.5 Å². The minimum absolute atomic E-state index is 0.0166. The largest absolute Gasteiger partial charge is 0.491 e. The number of fused-ring (bicyclic) bond motifs is 1. The van der Waals surface area contributed by atoms with E-state index in [9.17, 15) is 45.5 Å². The molecule has 2 heterocycles. The number of benzene rings is 2. The zero-order valence-corrected chi connectivity index (χ0v) is 23.8. The zero-order chi connectivity index (χ0) is 33.6. The van der Waals surface area contributed by atoms with Crippen molar-refractivity contribution in [1.29, 1.82) is 0 Å². The van der Waals surface area contributed by atoms with E-state index in [0.717, 1.165) is 18.2 Å². The summed E-state index contributed by atoms with van der Waals surface area (Å²) in [6.07, 6.45) is -6.28. The molecular weight excluding hydrogens is 656 g/mol. The number of carbonyl (C=O) groups is 4. The number of esters is 2. The number of aliphatic imine (C=N–C) groups is 1. The summed E-state index contributed by atoms with van der Waals surface area (Å²) in [5.74, 6) is -6.57. The Morgan fingerprint density at radius 1 is 1.11 bits per heavy atom. The average Bonchev–Trinajstić information content (AvgIpc) is 3.45. The fourth-order valence-electron chi connectivity index (χ4n) is 4.10. The van der Waals surface area contributed by atoms with E-state index in [1.54, 1.807) is 0 Å². The molecule has 1 aromatic heterocycles. The summed E-state index contributed by atoms with van der Waals surface area (Å²) in [5, 5.41) is 17.2. The lowest BCUT2D eigenvalue weighted by Crippen LogP contribution is -2.41. The van der Waals surface area contributed by atoms with Crippen LogP contribution in [0.15, 0.2) is 41.5 Å². The number of aromatic amines is 1. The molecule has 4 rings (SSSR count). The molecule has 246 valence electrons. The van der Waals surface area contributed by atoms with E-state index in [1.165, 1.54) is 18.3 Å². The molecule has 0 spiro atoms. The monoisotopic (exact) mass is 677 g/mol. The number of hydrogen-bond acceptors (Lipinski definition) is 10. The summed E-state index contributed by atoms with van der Waals surface area (Å²) in [6.45, 7) is -4.10. The minimum atomic E-state index is -5.50. The van der Waals surface area contributed by atoms with Crippen LogP contribution in [0.1, 0.15) is 28.4 Å². The smallest absolute Gasteiger partial charge is 0.435 e.